The van der Waals surface area contributed by atoms with Crippen molar-refractivity contribution >= 4 is 22.4 Å². The monoisotopic (exact) mass is 386 g/mol. The van der Waals surface area contributed by atoms with Crippen LogP contribution in [0.2, 0.25) is 0 Å². The lowest BCUT2D eigenvalue weighted by molar-refractivity contribution is -0.140. The molecule has 3 rings (SSSR count). The second-order valence-corrected chi connectivity index (χ2v) is 8.27. The number of nitrogens with one attached hydrogen (secondary N) is 2. The van der Waals surface area contributed by atoms with E-state index in [9.17, 15) is 9.00 Å². The van der Waals surface area contributed by atoms with E-state index < -0.39 is 16.4 Å². The van der Waals surface area contributed by atoms with Gasteiger partial charge in [-0.2, -0.15) is 0 Å². The molecule has 6 heteroatoms. The summed E-state index contributed by atoms with van der Waals surface area (Å²) in [6.45, 7) is 1.53. The quantitative estimate of drug-likeness (QED) is 0.768. The average molecular weight is 387 g/mol. The van der Waals surface area contributed by atoms with Gasteiger partial charge in [0.05, 0.1) is 0 Å². The molecule has 2 N–H and O–H groups in total. The normalized spacial score (nSPS) is 17.2. The van der Waals surface area contributed by atoms with Gasteiger partial charge in [-0.3, -0.25) is 9.00 Å². The summed E-state index contributed by atoms with van der Waals surface area (Å²) >= 11 is 0. The van der Waals surface area contributed by atoms with Gasteiger partial charge in [-0.1, -0.05) is 42.5 Å². The van der Waals surface area contributed by atoms with Gasteiger partial charge in [0.25, 0.3) is 5.91 Å². The number of amides is 1. The second-order valence-electron chi connectivity index (χ2n) is 6.82. The molecule has 0 saturated carbocycles. The molecule has 27 heavy (non-hydrogen) atoms. The lowest BCUT2D eigenvalue weighted by Gasteiger charge is -2.34. The van der Waals surface area contributed by atoms with Gasteiger partial charge in [0.2, 0.25) is 0 Å². The molecule has 1 aliphatic rings. The van der Waals surface area contributed by atoms with Gasteiger partial charge in [-0.15, -0.1) is 0 Å². The van der Waals surface area contributed by atoms with Gasteiger partial charge >= 0.3 is 0 Å². The number of piperidine rings is 1. The molecule has 1 aliphatic heterocycles. The van der Waals surface area contributed by atoms with E-state index in [4.69, 9.17) is 4.74 Å². The third kappa shape index (κ3) is 5.25. The Hall–Kier alpha value is -2.02. The van der Waals surface area contributed by atoms with Crippen molar-refractivity contribution in [3.63, 3.8) is 0 Å². The fraction of sp³-hybridized carbons (Fsp3) is 0.381. The van der Waals surface area contributed by atoms with E-state index in [0.717, 1.165) is 24.2 Å². The van der Waals surface area contributed by atoms with Crippen LogP contribution in [0.25, 0.3) is 0 Å². The molecule has 1 amide bonds. The molecule has 0 radical (unpaired) electrons. The molecule has 2 aromatic carbocycles. The van der Waals surface area contributed by atoms with Crippen molar-refractivity contribution in [2.45, 2.75) is 29.9 Å². The fourth-order valence-corrected chi connectivity index (χ4v) is 4.55. The van der Waals surface area contributed by atoms with Gasteiger partial charge in [0.1, 0.15) is 5.60 Å². The number of hydrogen-bond acceptors (Lipinski definition) is 4. The predicted octanol–water partition coefficient (Wildman–Crippen LogP) is 2.84. The minimum absolute atomic E-state index is 0.117. The summed E-state index contributed by atoms with van der Waals surface area (Å²) in [7, 11) is 0.589. The predicted molar refractivity (Wildman–Crippen MR) is 109 cm³/mol. The molecule has 0 bridgehead atoms. The minimum Gasteiger partial charge on any atom is -0.368 e. The number of carbonyl (C=O) groups is 1. The van der Waals surface area contributed by atoms with Gasteiger partial charge in [-0.05, 0) is 49.2 Å². The van der Waals surface area contributed by atoms with E-state index in [1.165, 1.54) is 0 Å². The lowest BCUT2D eigenvalue weighted by Crippen LogP contribution is -2.51. The number of rotatable bonds is 7. The number of ether oxygens (including phenoxy) is 1. The van der Waals surface area contributed by atoms with Crippen molar-refractivity contribution in [2.24, 2.45) is 0 Å². The highest BCUT2D eigenvalue weighted by atomic mass is 32.2. The maximum absolute atomic E-state index is 12.8. The second kappa shape index (κ2) is 9.26. The van der Waals surface area contributed by atoms with Crippen LogP contribution in [0.15, 0.2) is 54.6 Å². The molecule has 0 aliphatic carbocycles. The molecular formula is C21H26N2O3S. The first-order valence-electron chi connectivity index (χ1n) is 9.16. The minimum atomic E-state index is -1.00. The SMILES string of the molecule is COC1(C(=O)Nc2cccc(CS(=O)Cc3ccccc3)c2)CCNCC1. The van der Waals surface area contributed by atoms with Crippen LogP contribution in [0.1, 0.15) is 24.0 Å². The van der Waals surface area contributed by atoms with E-state index in [2.05, 4.69) is 10.6 Å². The van der Waals surface area contributed by atoms with Crippen molar-refractivity contribution in [1.82, 2.24) is 5.32 Å². The summed E-state index contributed by atoms with van der Waals surface area (Å²) in [5.41, 5.74) is 1.94. The van der Waals surface area contributed by atoms with E-state index in [1.807, 2.05) is 54.6 Å². The maximum atomic E-state index is 12.8. The Morgan fingerprint density at radius 1 is 1.07 bits per heavy atom. The first kappa shape index (κ1) is 19.7. The van der Waals surface area contributed by atoms with Crippen LogP contribution in [0.4, 0.5) is 5.69 Å². The van der Waals surface area contributed by atoms with Gasteiger partial charge in [-0.25, -0.2) is 0 Å². The highest BCUT2D eigenvalue weighted by Gasteiger charge is 2.39. The van der Waals surface area contributed by atoms with Crippen LogP contribution in [-0.4, -0.2) is 35.9 Å². The first-order chi connectivity index (χ1) is 13.1. The van der Waals surface area contributed by atoms with Crippen LogP contribution in [0.5, 0.6) is 0 Å². The molecule has 0 aromatic heterocycles. The number of methoxy groups -OCH3 is 1. The first-order valence-corrected chi connectivity index (χ1v) is 10.7. The van der Waals surface area contributed by atoms with Crippen LogP contribution in [-0.2, 0) is 31.8 Å². The average Bonchev–Trinajstić information content (AvgIpc) is 2.69. The molecular weight excluding hydrogens is 360 g/mol. The van der Waals surface area contributed by atoms with Crippen molar-refractivity contribution in [3.05, 3.63) is 65.7 Å². The Balaban J connectivity index is 1.63. The highest BCUT2D eigenvalue weighted by molar-refractivity contribution is 7.83. The third-order valence-corrected chi connectivity index (χ3v) is 6.21. The van der Waals surface area contributed by atoms with Crippen LogP contribution >= 0.6 is 0 Å². The topological polar surface area (TPSA) is 67.4 Å². The van der Waals surface area contributed by atoms with Gasteiger partial charge < -0.3 is 15.4 Å². The molecule has 0 spiro atoms. The van der Waals surface area contributed by atoms with Crippen LogP contribution in [0, 0.1) is 0 Å². The Bertz CT molecular complexity index is 789. The largest absolute Gasteiger partial charge is 0.368 e. The van der Waals surface area contributed by atoms with Crippen molar-refractivity contribution < 1.29 is 13.7 Å². The zero-order chi connectivity index (χ0) is 19.1. The Morgan fingerprint density at radius 3 is 2.44 bits per heavy atom. The molecule has 1 atom stereocenters. The smallest absolute Gasteiger partial charge is 0.256 e. The van der Waals surface area contributed by atoms with Crippen LogP contribution < -0.4 is 10.6 Å². The zero-order valence-electron chi connectivity index (χ0n) is 15.6. The zero-order valence-corrected chi connectivity index (χ0v) is 16.4. The van der Waals surface area contributed by atoms with Crippen LogP contribution in [0.3, 0.4) is 0 Å². The molecule has 144 valence electrons. The fourth-order valence-electron chi connectivity index (χ4n) is 3.34. The summed E-state index contributed by atoms with van der Waals surface area (Å²) in [5, 5.41) is 6.23. The molecule has 1 unspecified atom stereocenters. The number of benzene rings is 2. The summed E-state index contributed by atoms with van der Waals surface area (Å²) in [5.74, 6) is 0.865. The van der Waals surface area contributed by atoms with Gasteiger partial charge in [0, 0.05) is 35.1 Å². The van der Waals surface area contributed by atoms with Gasteiger partial charge in [0.15, 0.2) is 0 Å². The molecule has 1 fully saturated rings. The lowest BCUT2D eigenvalue weighted by atomic mass is 9.91. The third-order valence-electron chi connectivity index (χ3n) is 4.90. The summed E-state index contributed by atoms with van der Waals surface area (Å²) in [6.07, 6.45) is 1.30. The highest BCUT2D eigenvalue weighted by Crippen LogP contribution is 2.25. The van der Waals surface area contributed by atoms with E-state index in [1.54, 1.807) is 7.11 Å². The van der Waals surface area contributed by atoms with Crippen molar-refractivity contribution in [1.29, 1.82) is 0 Å². The van der Waals surface area contributed by atoms with Crippen molar-refractivity contribution in [3.8, 4) is 0 Å². The number of anilines is 1. The van der Waals surface area contributed by atoms with E-state index in [0.29, 0.717) is 30.0 Å². The van der Waals surface area contributed by atoms with E-state index >= 15 is 0 Å². The number of carbonyl (C=O) groups excluding carboxylic acids is 1. The summed E-state index contributed by atoms with van der Waals surface area (Å²) < 4.78 is 18.0. The Labute approximate surface area is 163 Å². The number of hydrogen-bond donors (Lipinski definition) is 2. The van der Waals surface area contributed by atoms with Crippen molar-refractivity contribution in [2.75, 3.05) is 25.5 Å². The summed E-state index contributed by atoms with van der Waals surface area (Å²) in [6, 6.07) is 17.4. The standard InChI is InChI=1S/C21H26N2O3S/c1-26-21(10-12-22-13-11-21)20(24)23-19-9-5-8-18(14-19)16-27(25)15-17-6-3-2-4-7-17/h2-9,14,22H,10-13,15-16H2,1H3,(H,23,24). The Morgan fingerprint density at radius 2 is 1.74 bits per heavy atom. The molecule has 2 aromatic rings. The molecule has 1 heterocycles. The molecule has 5 nitrogen and oxygen atoms in total. The molecule has 1 saturated heterocycles. The van der Waals surface area contributed by atoms with E-state index in [-0.39, 0.29) is 5.91 Å². The summed E-state index contributed by atoms with van der Waals surface area (Å²) in [4.78, 5) is 12.8. The maximum Gasteiger partial charge on any atom is 0.256 e. The Kier molecular flexibility index (Phi) is 6.77.